The molecule has 0 saturated heterocycles. The zero-order valence-corrected chi connectivity index (χ0v) is 13.3. The third kappa shape index (κ3) is 12.4. The van der Waals surface area contributed by atoms with E-state index in [-0.39, 0.29) is 0 Å². The molecular weight excluding hydrogens is 218 g/mol. The lowest BCUT2D eigenvalue weighted by molar-refractivity contribution is 0.416. The summed E-state index contributed by atoms with van der Waals surface area (Å²) in [6, 6.07) is 0.794. The Kier molecular flexibility index (Phi) is 15.0. The highest BCUT2D eigenvalue weighted by atomic mass is 14.9. The molecule has 0 bridgehead atoms. The molecule has 1 heteroatoms. The largest absolute Gasteiger partial charge is 0.314 e. The molecule has 0 fully saturated rings. The van der Waals surface area contributed by atoms with Crippen LogP contribution < -0.4 is 5.32 Å². The minimum Gasteiger partial charge on any atom is -0.314 e. The molecule has 0 aromatic rings. The first kappa shape index (κ1) is 18.0. The van der Waals surface area contributed by atoms with Crippen LogP contribution in [-0.4, -0.2) is 12.6 Å². The van der Waals surface area contributed by atoms with Gasteiger partial charge in [0, 0.05) is 6.04 Å². The summed E-state index contributed by atoms with van der Waals surface area (Å²) in [7, 11) is 0. The fourth-order valence-corrected chi connectivity index (χ4v) is 2.51. The Morgan fingerprint density at radius 2 is 1.11 bits per heavy atom. The van der Waals surface area contributed by atoms with E-state index < -0.39 is 0 Å². The first-order chi connectivity index (χ1) is 8.85. The number of hydrogen-bond donors (Lipinski definition) is 1. The molecule has 110 valence electrons. The molecular formula is C17H37N. The third-order valence-corrected chi connectivity index (χ3v) is 3.75. The number of hydrogen-bond acceptors (Lipinski definition) is 1. The standard InChI is InChI=1S/C17H37N/c1-4-7-9-10-11-13-15-17(18-16-6-3)14-12-8-5-2/h17-18H,4-16H2,1-3H3. The lowest BCUT2D eigenvalue weighted by Crippen LogP contribution is -2.29. The second-order valence-electron chi connectivity index (χ2n) is 5.70. The first-order valence-electron chi connectivity index (χ1n) is 8.58. The van der Waals surface area contributed by atoms with Crippen molar-refractivity contribution in [2.24, 2.45) is 0 Å². The Morgan fingerprint density at radius 1 is 0.611 bits per heavy atom. The van der Waals surface area contributed by atoms with E-state index in [4.69, 9.17) is 0 Å². The Balaban J connectivity index is 3.51. The summed E-state index contributed by atoms with van der Waals surface area (Å²) in [6.07, 6.45) is 16.8. The van der Waals surface area contributed by atoms with E-state index in [0.29, 0.717) is 0 Å². The molecule has 0 heterocycles. The minimum atomic E-state index is 0.794. The zero-order valence-electron chi connectivity index (χ0n) is 13.3. The van der Waals surface area contributed by atoms with Crippen LogP contribution in [0.3, 0.4) is 0 Å². The lowest BCUT2D eigenvalue weighted by atomic mass is 10.0. The molecule has 0 rings (SSSR count). The van der Waals surface area contributed by atoms with Gasteiger partial charge in [-0.1, -0.05) is 78.6 Å². The Labute approximate surface area is 116 Å². The van der Waals surface area contributed by atoms with Gasteiger partial charge in [0.1, 0.15) is 0 Å². The lowest BCUT2D eigenvalue weighted by Gasteiger charge is -2.18. The summed E-state index contributed by atoms with van der Waals surface area (Å²) in [5, 5.41) is 3.73. The van der Waals surface area contributed by atoms with Gasteiger partial charge in [-0.05, 0) is 25.8 Å². The van der Waals surface area contributed by atoms with Crippen molar-refractivity contribution in [2.45, 2.75) is 104 Å². The maximum Gasteiger partial charge on any atom is 0.00670 e. The average Bonchev–Trinajstić information content (AvgIpc) is 2.39. The van der Waals surface area contributed by atoms with Crippen molar-refractivity contribution in [3.8, 4) is 0 Å². The van der Waals surface area contributed by atoms with Crippen LogP contribution >= 0.6 is 0 Å². The van der Waals surface area contributed by atoms with E-state index in [1.807, 2.05) is 0 Å². The van der Waals surface area contributed by atoms with Gasteiger partial charge in [0.15, 0.2) is 0 Å². The SMILES string of the molecule is CCCCCCCCC(CCCCC)NCCC. The van der Waals surface area contributed by atoms with E-state index in [0.717, 1.165) is 6.04 Å². The second kappa shape index (κ2) is 15.0. The second-order valence-corrected chi connectivity index (χ2v) is 5.70. The van der Waals surface area contributed by atoms with Gasteiger partial charge >= 0.3 is 0 Å². The molecule has 0 spiro atoms. The predicted molar refractivity (Wildman–Crippen MR) is 84.2 cm³/mol. The van der Waals surface area contributed by atoms with Crippen molar-refractivity contribution in [3.63, 3.8) is 0 Å². The summed E-state index contributed by atoms with van der Waals surface area (Å²) >= 11 is 0. The minimum absolute atomic E-state index is 0.794. The highest BCUT2D eigenvalue weighted by molar-refractivity contribution is 4.67. The van der Waals surface area contributed by atoms with Crippen LogP contribution in [0.4, 0.5) is 0 Å². The molecule has 0 aliphatic rings. The molecule has 0 radical (unpaired) electrons. The van der Waals surface area contributed by atoms with E-state index in [1.165, 1.54) is 83.6 Å². The molecule has 0 aliphatic heterocycles. The summed E-state index contributed by atoms with van der Waals surface area (Å²) in [4.78, 5) is 0. The smallest absolute Gasteiger partial charge is 0.00670 e. The van der Waals surface area contributed by atoms with Gasteiger partial charge in [0.2, 0.25) is 0 Å². The average molecular weight is 255 g/mol. The first-order valence-corrected chi connectivity index (χ1v) is 8.58. The molecule has 1 unspecified atom stereocenters. The van der Waals surface area contributed by atoms with Gasteiger partial charge in [0.25, 0.3) is 0 Å². The maximum absolute atomic E-state index is 3.73. The summed E-state index contributed by atoms with van der Waals surface area (Å²) in [6.45, 7) is 8.05. The van der Waals surface area contributed by atoms with Crippen molar-refractivity contribution in [2.75, 3.05) is 6.54 Å². The maximum atomic E-state index is 3.73. The normalized spacial score (nSPS) is 12.8. The van der Waals surface area contributed by atoms with Gasteiger partial charge in [-0.3, -0.25) is 0 Å². The van der Waals surface area contributed by atoms with Gasteiger partial charge < -0.3 is 5.32 Å². The molecule has 18 heavy (non-hydrogen) atoms. The van der Waals surface area contributed by atoms with Gasteiger partial charge in [-0.15, -0.1) is 0 Å². The van der Waals surface area contributed by atoms with Crippen LogP contribution in [0.25, 0.3) is 0 Å². The zero-order chi connectivity index (χ0) is 13.5. The van der Waals surface area contributed by atoms with Crippen LogP contribution in [0.15, 0.2) is 0 Å². The van der Waals surface area contributed by atoms with Crippen molar-refractivity contribution in [3.05, 3.63) is 0 Å². The summed E-state index contributed by atoms with van der Waals surface area (Å²) in [5.41, 5.74) is 0. The number of unbranched alkanes of at least 4 members (excludes halogenated alkanes) is 7. The molecule has 1 atom stereocenters. The number of rotatable bonds is 14. The van der Waals surface area contributed by atoms with Gasteiger partial charge in [-0.2, -0.15) is 0 Å². The molecule has 1 N–H and O–H groups in total. The summed E-state index contributed by atoms with van der Waals surface area (Å²) in [5.74, 6) is 0. The van der Waals surface area contributed by atoms with Crippen molar-refractivity contribution in [1.82, 2.24) is 5.32 Å². The molecule has 0 aliphatic carbocycles. The third-order valence-electron chi connectivity index (χ3n) is 3.75. The quantitative estimate of drug-likeness (QED) is 0.393. The van der Waals surface area contributed by atoms with Gasteiger partial charge in [-0.25, -0.2) is 0 Å². The van der Waals surface area contributed by atoms with Crippen LogP contribution in [0.2, 0.25) is 0 Å². The van der Waals surface area contributed by atoms with Crippen molar-refractivity contribution in [1.29, 1.82) is 0 Å². The van der Waals surface area contributed by atoms with Crippen molar-refractivity contribution >= 4 is 0 Å². The Bertz CT molecular complexity index is 145. The molecule has 0 aromatic heterocycles. The number of nitrogens with one attached hydrogen (secondary N) is 1. The monoisotopic (exact) mass is 255 g/mol. The van der Waals surface area contributed by atoms with Crippen LogP contribution in [0.5, 0.6) is 0 Å². The predicted octanol–water partition coefficient (Wildman–Crippen LogP) is 5.69. The Morgan fingerprint density at radius 3 is 1.72 bits per heavy atom. The van der Waals surface area contributed by atoms with Crippen LogP contribution in [0, 0.1) is 0 Å². The van der Waals surface area contributed by atoms with Crippen molar-refractivity contribution < 1.29 is 0 Å². The molecule has 0 saturated carbocycles. The molecule has 0 aromatic carbocycles. The topological polar surface area (TPSA) is 12.0 Å². The fourth-order valence-electron chi connectivity index (χ4n) is 2.51. The van der Waals surface area contributed by atoms with Crippen LogP contribution in [-0.2, 0) is 0 Å². The summed E-state index contributed by atoms with van der Waals surface area (Å²) < 4.78 is 0. The Hall–Kier alpha value is -0.0400. The van der Waals surface area contributed by atoms with Gasteiger partial charge in [0.05, 0.1) is 0 Å². The van der Waals surface area contributed by atoms with E-state index in [9.17, 15) is 0 Å². The van der Waals surface area contributed by atoms with E-state index >= 15 is 0 Å². The highest BCUT2D eigenvalue weighted by Crippen LogP contribution is 2.13. The van der Waals surface area contributed by atoms with E-state index in [2.05, 4.69) is 26.1 Å². The highest BCUT2D eigenvalue weighted by Gasteiger charge is 2.06. The molecule has 1 nitrogen and oxygen atoms in total. The fraction of sp³-hybridized carbons (Fsp3) is 1.00. The van der Waals surface area contributed by atoms with Crippen LogP contribution in [0.1, 0.15) is 97.8 Å². The molecule has 0 amide bonds. The van der Waals surface area contributed by atoms with E-state index in [1.54, 1.807) is 0 Å².